The zero-order valence-corrected chi connectivity index (χ0v) is 10.6. The maximum Gasteiger partial charge on any atom is 0.412 e. The Hall–Kier alpha value is -3.30. The minimum atomic E-state index is -1.15. The number of para-hydroxylation sites is 1. The number of carbonyl (C=O) groups excluding carboxylic acids is 2. The number of nitrogens with one attached hydrogen (secondary N) is 2. The summed E-state index contributed by atoms with van der Waals surface area (Å²) in [4.78, 5) is 22.3. The van der Waals surface area contributed by atoms with Crippen molar-refractivity contribution in [1.29, 1.82) is 0 Å². The van der Waals surface area contributed by atoms with Crippen LogP contribution in [0.1, 0.15) is 5.69 Å². The molecular weight excluding hydrogens is 282 g/mol. The van der Waals surface area contributed by atoms with Crippen molar-refractivity contribution in [3.05, 3.63) is 41.2 Å². The standard InChI is InChI=1S/C11H11N5O5/c12-10(17)20-9-8(16(19)21-15-9)6-13-11(18)14-7-4-2-1-3-5-7/h1-5H,6H2,(H2,12,17)(H2,13,14,18). The maximum atomic E-state index is 11.6. The summed E-state index contributed by atoms with van der Waals surface area (Å²) in [5, 5.41) is 19.4. The molecule has 3 amide bonds. The average Bonchev–Trinajstić information content (AvgIpc) is 2.77. The highest BCUT2D eigenvalue weighted by atomic mass is 16.8. The number of urea groups is 1. The van der Waals surface area contributed by atoms with E-state index in [0.29, 0.717) is 5.69 Å². The van der Waals surface area contributed by atoms with Crippen LogP contribution in [0.25, 0.3) is 0 Å². The molecule has 0 fully saturated rings. The summed E-state index contributed by atoms with van der Waals surface area (Å²) in [6.07, 6.45) is -1.15. The first-order valence-electron chi connectivity index (χ1n) is 5.72. The normalized spacial score (nSPS) is 9.90. The number of nitrogens with zero attached hydrogens (tertiary/aromatic N) is 2. The predicted molar refractivity (Wildman–Crippen MR) is 68.0 cm³/mol. The maximum absolute atomic E-state index is 11.6. The molecule has 0 unspecified atom stereocenters. The quantitative estimate of drug-likeness (QED) is 0.680. The number of ether oxygens (including phenoxy) is 1. The molecule has 2 aromatic rings. The van der Waals surface area contributed by atoms with E-state index in [1.54, 1.807) is 30.3 Å². The Morgan fingerprint density at radius 2 is 2.10 bits per heavy atom. The van der Waals surface area contributed by atoms with Gasteiger partial charge in [0.15, 0.2) is 0 Å². The van der Waals surface area contributed by atoms with E-state index in [-0.39, 0.29) is 17.1 Å². The third kappa shape index (κ3) is 3.83. The van der Waals surface area contributed by atoms with Crippen molar-refractivity contribution < 1.29 is 23.9 Å². The number of aromatic nitrogens is 2. The van der Waals surface area contributed by atoms with E-state index < -0.39 is 18.0 Å². The van der Waals surface area contributed by atoms with Gasteiger partial charge in [-0.25, -0.2) is 9.59 Å². The predicted octanol–water partition coefficient (Wildman–Crippen LogP) is 0.0872. The first-order valence-corrected chi connectivity index (χ1v) is 5.72. The Labute approximate surface area is 118 Å². The molecule has 0 bridgehead atoms. The number of benzene rings is 1. The lowest BCUT2D eigenvalue weighted by molar-refractivity contribution is -0.808. The van der Waals surface area contributed by atoms with Crippen molar-refractivity contribution >= 4 is 17.8 Å². The molecule has 10 nitrogen and oxygen atoms in total. The molecule has 2 rings (SSSR count). The second kappa shape index (κ2) is 6.23. The zero-order valence-electron chi connectivity index (χ0n) is 10.6. The summed E-state index contributed by atoms with van der Waals surface area (Å²) < 4.78 is 8.71. The molecule has 0 saturated carbocycles. The van der Waals surface area contributed by atoms with E-state index in [4.69, 9.17) is 5.73 Å². The van der Waals surface area contributed by atoms with Gasteiger partial charge in [0, 0.05) is 5.69 Å². The molecule has 4 N–H and O–H groups in total. The number of rotatable bonds is 4. The molecule has 21 heavy (non-hydrogen) atoms. The van der Waals surface area contributed by atoms with Crippen LogP contribution in [0, 0.1) is 5.21 Å². The third-order valence-corrected chi connectivity index (χ3v) is 2.31. The van der Waals surface area contributed by atoms with Crippen molar-refractivity contribution in [3.63, 3.8) is 0 Å². The molecule has 10 heteroatoms. The van der Waals surface area contributed by atoms with E-state index >= 15 is 0 Å². The third-order valence-electron chi connectivity index (χ3n) is 2.31. The summed E-state index contributed by atoms with van der Waals surface area (Å²) in [7, 11) is 0. The van der Waals surface area contributed by atoms with E-state index in [9.17, 15) is 14.8 Å². The van der Waals surface area contributed by atoms with Crippen molar-refractivity contribution in [2.75, 3.05) is 5.32 Å². The average molecular weight is 293 g/mol. The highest BCUT2D eigenvalue weighted by molar-refractivity contribution is 5.89. The van der Waals surface area contributed by atoms with Crippen molar-refractivity contribution in [3.8, 4) is 5.88 Å². The fourth-order valence-corrected chi connectivity index (χ4v) is 1.43. The number of nitrogens with two attached hydrogens (primary N) is 1. The lowest BCUT2D eigenvalue weighted by atomic mass is 10.3. The van der Waals surface area contributed by atoms with Crippen molar-refractivity contribution in [1.82, 2.24) is 10.5 Å². The van der Waals surface area contributed by atoms with Gasteiger partial charge in [-0.15, -0.1) is 0 Å². The summed E-state index contributed by atoms with van der Waals surface area (Å²) in [5.74, 6) is -0.405. The molecule has 0 aliphatic carbocycles. The summed E-state index contributed by atoms with van der Waals surface area (Å²) in [6.45, 7) is -0.270. The van der Waals surface area contributed by atoms with Crippen molar-refractivity contribution in [2.24, 2.45) is 5.73 Å². The van der Waals surface area contributed by atoms with Crippen LogP contribution in [0.2, 0.25) is 0 Å². The molecular formula is C11H11N5O5. The van der Waals surface area contributed by atoms with Gasteiger partial charge in [-0.1, -0.05) is 18.2 Å². The van der Waals surface area contributed by atoms with E-state index in [0.717, 1.165) is 0 Å². The first kappa shape index (κ1) is 14.1. The number of carbonyl (C=O) groups is 2. The van der Waals surface area contributed by atoms with Gasteiger partial charge in [-0.2, -0.15) is 0 Å². The highest BCUT2D eigenvalue weighted by Crippen LogP contribution is 2.10. The molecule has 110 valence electrons. The number of amides is 3. The van der Waals surface area contributed by atoms with Crippen LogP contribution in [0.3, 0.4) is 0 Å². The highest BCUT2D eigenvalue weighted by Gasteiger charge is 2.23. The van der Waals surface area contributed by atoms with E-state index in [1.165, 1.54) is 0 Å². The molecule has 0 radical (unpaired) electrons. The summed E-state index contributed by atoms with van der Waals surface area (Å²) in [5.41, 5.74) is 5.18. The smallest absolute Gasteiger partial charge is 0.365 e. The molecule has 0 atom stereocenters. The number of hydrogen-bond acceptors (Lipinski definition) is 6. The van der Waals surface area contributed by atoms with Gasteiger partial charge in [0.05, 0.1) is 11.7 Å². The fourth-order valence-electron chi connectivity index (χ4n) is 1.43. The van der Waals surface area contributed by atoms with Gasteiger partial charge < -0.3 is 26.3 Å². The zero-order chi connectivity index (χ0) is 15.2. The molecule has 0 aliphatic rings. The molecule has 0 saturated heterocycles. The van der Waals surface area contributed by atoms with E-state index in [2.05, 4.69) is 25.2 Å². The lowest BCUT2D eigenvalue weighted by Crippen LogP contribution is -2.36. The minimum Gasteiger partial charge on any atom is -0.365 e. The summed E-state index contributed by atoms with van der Waals surface area (Å²) >= 11 is 0. The Balaban J connectivity index is 1.95. The molecule has 1 aromatic heterocycles. The Kier molecular flexibility index (Phi) is 4.19. The van der Waals surface area contributed by atoms with Gasteiger partial charge in [-0.05, 0) is 17.0 Å². The summed E-state index contributed by atoms with van der Waals surface area (Å²) in [6, 6.07) is 8.11. The molecule has 1 aromatic carbocycles. The molecule has 1 heterocycles. The van der Waals surface area contributed by atoms with Crippen molar-refractivity contribution in [2.45, 2.75) is 6.54 Å². The topological polar surface area (TPSA) is 146 Å². The van der Waals surface area contributed by atoms with Crippen LogP contribution in [-0.4, -0.2) is 17.3 Å². The van der Waals surface area contributed by atoms with Gasteiger partial charge in [0.2, 0.25) is 0 Å². The van der Waals surface area contributed by atoms with Crippen LogP contribution in [0.5, 0.6) is 5.88 Å². The fraction of sp³-hybridized carbons (Fsp3) is 0.0909. The van der Waals surface area contributed by atoms with Gasteiger partial charge >= 0.3 is 18.0 Å². The SMILES string of the molecule is NC(=O)Oc1no[n+]([O-])c1CNC(=O)Nc1ccccc1. The molecule has 0 spiro atoms. The molecule has 0 aliphatic heterocycles. The van der Waals surface area contributed by atoms with Crippen LogP contribution < -0.4 is 26.0 Å². The second-order valence-corrected chi connectivity index (χ2v) is 3.78. The Morgan fingerprint density at radius 3 is 2.76 bits per heavy atom. The van der Waals surface area contributed by atoms with Crippen LogP contribution in [0.15, 0.2) is 35.0 Å². The second-order valence-electron chi connectivity index (χ2n) is 3.78. The number of hydrogen-bond donors (Lipinski definition) is 3. The van der Waals surface area contributed by atoms with Gasteiger partial charge in [0.25, 0.3) is 5.69 Å². The lowest BCUT2D eigenvalue weighted by Gasteiger charge is -2.05. The largest absolute Gasteiger partial charge is 0.412 e. The van der Waals surface area contributed by atoms with Crippen LogP contribution >= 0.6 is 0 Å². The van der Waals surface area contributed by atoms with Gasteiger partial charge in [-0.3, -0.25) is 4.63 Å². The number of anilines is 1. The number of primary amides is 1. The van der Waals surface area contributed by atoms with Crippen LogP contribution in [0.4, 0.5) is 15.3 Å². The Morgan fingerprint density at radius 1 is 1.38 bits per heavy atom. The Bertz CT molecular complexity index is 642. The monoisotopic (exact) mass is 293 g/mol. The van der Waals surface area contributed by atoms with E-state index in [1.807, 2.05) is 0 Å². The van der Waals surface area contributed by atoms with Gasteiger partial charge in [0.1, 0.15) is 0 Å². The first-order chi connectivity index (χ1) is 10.1. The van der Waals surface area contributed by atoms with Crippen LogP contribution in [-0.2, 0) is 6.54 Å². The minimum absolute atomic E-state index is 0.00106.